The van der Waals surface area contributed by atoms with Gasteiger partial charge in [0.15, 0.2) is 0 Å². The summed E-state index contributed by atoms with van der Waals surface area (Å²) in [7, 11) is 0. The number of aliphatic carboxylic acids is 2. The first-order chi connectivity index (χ1) is 13.7. The van der Waals surface area contributed by atoms with Crippen LogP contribution in [0, 0.1) is 11.8 Å². The minimum Gasteiger partial charge on any atom is -0.481 e. The Hall–Kier alpha value is -2.75. The van der Waals surface area contributed by atoms with E-state index in [9.17, 15) is 34.2 Å². The first kappa shape index (κ1) is 21.0. The van der Waals surface area contributed by atoms with Crippen LogP contribution in [-0.2, 0) is 19.1 Å². The summed E-state index contributed by atoms with van der Waals surface area (Å²) in [5.41, 5.74) is -1.15. The summed E-state index contributed by atoms with van der Waals surface area (Å²) < 4.78 is 7.33. The van der Waals surface area contributed by atoms with E-state index >= 15 is 0 Å². The molecule has 158 valence electrons. The van der Waals surface area contributed by atoms with Crippen LogP contribution in [0.3, 0.4) is 0 Å². The highest BCUT2D eigenvalue weighted by molar-refractivity contribution is 5.76. The predicted octanol–water partition coefficient (Wildman–Crippen LogP) is 0.862. The molecular weight excluding hydrogens is 384 g/mol. The number of aromatic amines is 1. The lowest BCUT2D eigenvalue weighted by molar-refractivity contribution is -0.141. The van der Waals surface area contributed by atoms with Crippen molar-refractivity contribution in [3.63, 3.8) is 0 Å². The number of H-pyrrole nitrogens is 1. The number of ether oxygens (including phenoxy) is 1. The molecule has 3 rings (SSSR count). The van der Waals surface area contributed by atoms with Crippen molar-refractivity contribution < 1.29 is 29.3 Å². The second-order valence-electron chi connectivity index (χ2n) is 7.86. The monoisotopic (exact) mass is 408 g/mol. The molecule has 3 N–H and O–H groups in total. The van der Waals surface area contributed by atoms with Crippen LogP contribution < -0.4 is 11.2 Å². The Labute approximate surface area is 165 Å². The zero-order valence-electron chi connectivity index (χ0n) is 16.0. The third-order valence-electron chi connectivity index (χ3n) is 5.82. The maximum absolute atomic E-state index is 12.5. The van der Waals surface area contributed by atoms with Gasteiger partial charge in [-0.1, -0.05) is 0 Å². The SMILES string of the molecule is CC(=O)C[C@H]1O[C@H](c2cn(C3CCC3)c(=O)[nH]c2=O)[C@@H](CC(=O)O)[C@H]1CC(=O)O. The van der Waals surface area contributed by atoms with E-state index in [4.69, 9.17) is 4.74 Å². The molecule has 0 unspecified atom stereocenters. The van der Waals surface area contributed by atoms with E-state index in [2.05, 4.69) is 4.98 Å². The fourth-order valence-electron chi connectivity index (χ4n) is 4.26. The number of hydrogen-bond donors (Lipinski definition) is 3. The van der Waals surface area contributed by atoms with Crippen molar-refractivity contribution in [3.8, 4) is 0 Å². The van der Waals surface area contributed by atoms with Crippen LogP contribution in [0.5, 0.6) is 0 Å². The molecular formula is C19H24N2O8. The quantitative estimate of drug-likeness (QED) is 0.572. The summed E-state index contributed by atoms with van der Waals surface area (Å²) in [6, 6.07) is -0.0414. The maximum Gasteiger partial charge on any atom is 0.328 e. The number of rotatable bonds is 8. The Morgan fingerprint density at radius 1 is 1.10 bits per heavy atom. The van der Waals surface area contributed by atoms with Crippen LogP contribution in [0.1, 0.15) is 63.2 Å². The molecule has 1 aromatic rings. The van der Waals surface area contributed by atoms with Crippen molar-refractivity contribution in [2.24, 2.45) is 11.8 Å². The molecule has 0 amide bonds. The van der Waals surface area contributed by atoms with Gasteiger partial charge in [-0.3, -0.25) is 28.7 Å². The highest BCUT2D eigenvalue weighted by Crippen LogP contribution is 2.46. The Morgan fingerprint density at radius 2 is 1.72 bits per heavy atom. The van der Waals surface area contributed by atoms with Gasteiger partial charge in [-0.25, -0.2) is 4.79 Å². The molecule has 4 atom stereocenters. The van der Waals surface area contributed by atoms with Crippen LogP contribution in [0.25, 0.3) is 0 Å². The average molecular weight is 408 g/mol. The molecule has 1 saturated heterocycles. The van der Waals surface area contributed by atoms with Crippen LogP contribution in [0.15, 0.2) is 15.8 Å². The second-order valence-corrected chi connectivity index (χ2v) is 7.86. The van der Waals surface area contributed by atoms with Gasteiger partial charge < -0.3 is 14.9 Å². The second kappa shape index (κ2) is 8.32. The van der Waals surface area contributed by atoms with E-state index in [-0.39, 0.29) is 30.2 Å². The molecule has 0 spiro atoms. The zero-order valence-corrected chi connectivity index (χ0v) is 16.0. The fraction of sp³-hybridized carbons (Fsp3) is 0.632. The Kier molecular flexibility index (Phi) is 6.02. The van der Waals surface area contributed by atoms with Crippen LogP contribution in [0.2, 0.25) is 0 Å². The minimum atomic E-state index is -1.16. The third-order valence-corrected chi connectivity index (χ3v) is 5.82. The molecule has 2 heterocycles. The molecule has 1 saturated carbocycles. The number of hydrogen-bond acceptors (Lipinski definition) is 6. The number of carboxylic acids is 2. The largest absolute Gasteiger partial charge is 0.481 e. The van der Waals surface area contributed by atoms with Gasteiger partial charge in [-0.15, -0.1) is 0 Å². The molecule has 29 heavy (non-hydrogen) atoms. The van der Waals surface area contributed by atoms with E-state index in [1.54, 1.807) is 0 Å². The number of nitrogens with zero attached hydrogens (tertiary/aromatic N) is 1. The zero-order chi connectivity index (χ0) is 21.3. The smallest absolute Gasteiger partial charge is 0.328 e. The normalized spacial score (nSPS) is 26.8. The van der Waals surface area contributed by atoms with E-state index < -0.39 is 53.7 Å². The van der Waals surface area contributed by atoms with E-state index in [0.29, 0.717) is 0 Å². The summed E-state index contributed by atoms with van der Waals surface area (Å²) in [6.45, 7) is 1.34. The number of ketones is 1. The molecule has 1 aliphatic carbocycles. The molecule has 0 aromatic carbocycles. The maximum atomic E-state index is 12.5. The lowest BCUT2D eigenvalue weighted by atomic mass is 9.80. The van der Waals surface area contributed by atoms with Crippen LogP contribution >= 0.6 is 0 Å². The van der Waals surface area contributed by atoms with Gasteiger partial charge >= 0.3 is 17.6 Å². The van der Waals surface area contributed by atoms with Gasteiger partial charge in [0.1, 0.15) is 5.78 Å². The number of carbonyl (C=O) groups is 3. The topological polar surface area (TPSA) is 156 Å². The molecule has 2 fully saturated rings. The fourth-order valence-corrected chi connectivity index (χ4v) is 4.26. The van der Waals surface area contributed by atoms with Crippen molar-refractivity contribution >= 4 is 17.7 Å². The molecule has 0 bridgehead atoms. The van der Waals surface area contributed by atoms with E-state index in [0.717, 1.165) is 19.3 Å². The minimum absolute atomic E-state index is 0.0414. The Balaban J connectivity index is 2.04. The van der Waals surface area contributed by atoms with Crippen molar-refractivity contribution in [2.45, 2.75) is 63.7 Å². The number of nitrogens with one attached hydrogen (secondary N) is 1. The van der Waals surface area contributed by atoms with Crippen molar-refractivity contribution in [1.82, 2.24) is 9.55 Å². The van der Waals surface area contributed by atoms with Gasteiger partial charge in [-0.2, -0.15) is 0 Å². The van der Waals surface area contributed by atoms with E-state index in [1.165, 1.54) is 17.7 Å². The lowest BCUT2D eigenvalue weighted by Gasteiger charge is -2.28. The highest BCUT2D eigenvalue weighted by Gasteiger charge is 2.48. The standard InChI is InChI=1S/C19H24N2O8/c1-9(22)5-14-11(6-15(23)24)12(7-16(25)26)17(29-14)13-8-21(10-3-2-4-10)19(28)20-18(13)27/h8,10-12,14,17H,2-7H2,1H3,(H,23,24)(H,25,26)(H,20,27,28)/t11-,12+,14-,17+/m1/s1. The van der Waals surface area contributed by atoms with Gasteiger partial charge in [0.05, 0.1) is 30.6 Å². The van der Waals surface area contributed by atoms with Gasteiger partial charge in [0.2, 0.25) is 0 Å². The number of Topliss-reactive ketones (excluding diaryl/α,β-unsaturated/α-hetero) is 1. The molecule has 10 nitrogen and oxygen atoms in total. The Morgan fingerprint density at radius 3 is 2.24 bits per heavy atom. The summed E-state index contributed by atoms with van der Waals surface area (Å²) in [6.07, 6.45) is 1.24. The lowest BCUT2D eigenvalue weighted by Crippen LogP contribution is -2.37. The number of carbonyl (C=O) groups excluding carboxylic acids is 1. The first-order valence-corrected chi connectivity index (χ1v) is 9.61. The highest BCUT2D eigenvalue weighted by atomic mass is 16.5. The van der Waals surface area contributed by atoms with Gasteiger partial charge in [-0.05, 0) is 26.2 Å². The summed E-state index contributed by atoms with van der Waals surface area (Å²) >= 11 is 0. The average Bonchev–Trinajstić information content (AvgIpc) is 2.84. The van der Waals surface area contributed by atoms with Gasteiger partial charge in [0.25, 0.3) is 5.56 Å². The third kappa shape index (κ3) is 4.47. The van der Waals surface area contributed by atoms with Crippen molar-refractivity contribution in [3.05, 3.63) is 32.6 Å². The van der Waals surface area contributed by atoms with Crippen molar-refractivity contribution in [1.29, 1.82) is 0 Å². The molecule has 1 aliphatic heterocycles. The summed E-state index contributed by atoms with van der Waals surface area (Å²) in [4.78, 5) is 61.4. The summed E-state index contributed by atoms with van der Waals surface area (Å²) in [5.74, 6) is -4.10. The Bertz CT molecular complexity index is 929. The predicted molar refractivity (Wildman–Crippen MR) is 98.6 cm³/mol. The molecule has 0 radical (unpaired) electrons. The number of aromatic nitrogens is 2. The van der Waals surface area contributed by atoms with E-state index in [1.807, 2.05) is 0 Å². The molecule has 10 heteroatoms. The molecule has 2 aliphatic rings. The van der Waals surface area contributed by atoms with Crippen LogP contribution in [-0.4, -0.2) is 43.6 Å². The van der Waals surface area contributed by atoms with Crippen LogP contribution in [0.4, 0.5) is 0 Å². The van der Waals surface area contributed by atoms with Crippen molar-refractivity contribution in [2.75, 3.05) is 0 Å². The summed E-state index contributed by atoms with van der Waals surface area (Å²) in [5, 5.41) is 18.6. The first-order valence-electron chi connectivity index (χ1n) is 9.61. The van der Waals surface area contributed by atoms with Gasteiger partial charge in [0, 0.05) is 30.5 Å². The number of carboxylic acid groups (broad SMARTS) is 2. The molecule has 1 aromatic heterocycles.